The minimum absolute atomic E-state index is 0.238. The summed E-state index contributed by atoms with van der Waals surface area (Å²) in [7, 11) is 0. The van der Waals surface area contributed by atoms with Crippen LogP contribution in [-0.2, 0) is 9.47 Å². The molecule has 0 saturated carbocycles. The Balaban J connectivity index is 1.95. The molecule has 0 amide bonds. The van der Waals surface area contributed by atoms with Crippen molar-refractivity contribution in [2.75, 3.05) is 6.61 Å². The molecular formula is C19H19FO5. The first-order valence-corrected chi connectivity index (χ1v) is 7.79. The molecule has 0 spiro atoms. The molecule has 0 bridgehead atoms. The summed E-state index contributed by atoms with van der Waals surface area (Å²) in [5.41, 5.74) is 0.544. The van der Waals surface area contributed by atoms with Crippen molar-refractivity contribution in [1.82, 2.24) is 0 Å². The summed E-state index contributed by atoms with van der Waals surface area (Å²) in [4.78, 5) is 23.9. The Morgan fingerprint density at radius 2 is 1.44 bits per heavy atom. The molecule has 3 atom stereocenters. The molecule has 6 heteroatoms. The molecule has 0 fully saturated rings. The van der Waals surface area contributed by atoms with Gasteiger partial charge in [-0.05, 0) is 31.2 Å². The molecule has 0 heterocycles. The third-order valence-electron chi connectivity index (χ3n) is 3.48. The first-order chi connectivity index (χ1) is 12.0. The van der Waals surface area contributed by atoms with Crippen molar-refractivity contribution in [2.45, 2.75) is 25.3 Å². The van der Waals surface area contributed by atoms with E-state index in [1.54, 1.807) is 48.5 Å². The second kappa shape index (κ2) is 8.94. The van der Waals surface area contributed by atoms with Gasteiger partial charge in [0.1, 0.15) is 18.9 Å². The Hall–Kier alpha value is -2.73. The van der Waals surface area contributed by atoms with Gasteiger partial charge in [0.15, 0.2) is 6.10 Å². The number of benzene rings is 2. The minimum Gasteiger partial charge on any atom is -0.459 e. The highest BCUT2D eigenvalue weighted by molar-refractivity contribution is 5.90. The van der Waals surface area contributed by atoms with Crippen LogP contribution in [0.25, 0.3) is 0 Å². The fourth-order valence-electron chi connectivity index (χ4n) is 2.16. The van der Waals surface area contributed by atoms with E-state index in [1.807, 2.05) is 0 Å². The van der Waals surface area contributed by atoms with Crippen LogP contribution in [0, 0.1) is 0 Å². The molecule has 0 unspecified atom stereocenters. The molecule has 0 aliphatic rings. The fourth-order valence-corrected chi connectivity index (χ4v) is 2.16. The van der Waals surface area contributed by atoms with Gasteiger partial charge in [0.2, 0.25) is 0 Å². The van der Waals surface area contributed by atoms with Gasteiger partial charge < -0.3 is 14.6 Å². The molecule has 5 nitrogen and oxygen atoms in total. The molecule has 2 aromatic rings. The molecular weight excluding hydrogens is 327 g/mol. The molecule has 2 aromatic carbocycles. The van der Waals surface area contributed by atoms with Crippen LogP contribution in [0.2, 0.25) is 0 Å². The van der Waals surface area contributed by atoms with Crippen LogP contribution < -0.4 is 0 Å². The van der Waals surface area contributed by atoms with Crippen LogP contribution >= 0.6 is 0 Å². The third-order valence-corrected chi connectivity index (χ3v) is 3.48. The maximum absolute atomic E-state index is 13.8. The lowest BCUT2D eigenvalue weighted by atomic mass is 10.1. The second-order valence-corrected chi connectivity index (χ2v) is 5.45. The largest absolute Gasteiger partial charge is 0.459 e. The normalized spacial score (nSPS) is 14.2. The average molecular weight is 346 g/mol. The number of ether oxygens (including phenoxy) is 2. The number of carbonyl (C=O) groups excluding carboxylic acids is 2. The zero-order chi connectivity index (χ0) is 18.2. The SMILES string of the molecule is C[C@H](F)[C@H](OC(=O)c1ccccc1)[C@H](O)COC(=O)c1ccccc1. The van der Waals surface area contributed by atoms with E-state index in [2.05, 4.69) is 0 Å². The lowest BCUT2D eigenvalue weighted by Gasteiger charge is -2.24. The van der Waals surface area contributed by atoms with Crippen molar-refractivity contribution >= 4 is 11.9 Å². The number of aliphatic hydroxyl groups is 1. The Morgan fingerprint density at radius 3 is 1.92 bits per heavy atom. The zero-order valence-corrected chi connectivity index (χ0v) is 13.7. The molecule has 0 aromatic heterocycles. The van der Waals surface area contributed by atoms with Crippen molar-refractivity contribution in [2.24, 2.45) is 0 Å². The van der Waals surface area contributed by atoms with Crippen molar-refractivity contribution in [3.05, 3.63) is 71.8 Å². The molecule has 132 valence electrons. The van der Waals surface area contributed by atoms with Crippen LogP contribution in [0.15, 0.2) is 60.7 Å². The summed E-state index contributed by atoms with van der Waals surface area (Å²) < 4.78 is 23.8. The predicted molar refractivity (Wildman–Crippen MR) is 88.9 cm³/mol. The van der Waals surface area contributed by atoms with Gasteiger partial charge in [0.25, 0.3) is 0 Å². The summed E-state index contributed by atoms with van der Waals surface area (Å²) in [5, 5.41) is 10.1. The van der Waals surface area contributed by atoms with E-state index in [0.29, 0.717) is 5.56 Å². The van der Waals surface area contributed by atoms with Crippen LogP contribution in [0.3, 0.4) is 0 Å². The molecule has 2 rings (SSSR count). The summed E-state index contributed by atoms with van der Waals surface area (Å²) in [6.07, 6.45) is -4.57. The summed E-state index contributed by atoms with van der Waals surface area (Å²) in [5.74, 6) is -1.41. The number of rotatable bonds is 7. The number of hydrogen-bond acceptors (Lipinski definition) is 5. The number of halogens is 1. The second-order valence-electron chi connectivity index (χ2n) is 5.45. The highest BCUT2D eigenvalue weighted by Crippen LogP contribution is 2.14. The van der Waals surface area contributed by atoms with Gasteiger partial charge in [-0.15, -0.1) is 0 Å². The molecule has 0 aliphatic heterocycles. The number of alkyl halides is 1. The van der Waals surface area contributed by atoms with E-state index < -0.39 is 36.9 Å². The van der Waals surface area contributed by atoms with Crippen LogP contribution in [0.1, 0.15) is 27.6 Å². The maximum atomic E-state index is 13.8. The first-order valence-electron chi connectivity index (χ1n) is 7.79. The van der Waals surface area contributed by atoms with Crippen molar-refractivity contribution in [1.29, 1.82) is 0 Å². The predicted octanol–water partition coefficient (Wildman–Crippen LogP) is 2.79. The smallest absolute Gasteiger partial charge is 0.338 e. The quantitative estimate of drug-likeness (QED) is 0.781. The van der Waals surface area contributed by atoms with Crippen molar-refractivity contribution < 1.29 is 28.6 Å². The van der Waals surface area contributed by atoms with E-state index in [-0.39, 0.29) is 5.56 Å². The standard InChI is InChI=1S/C19H19FO5/c1-13(20)17(25-19(23)15-10-6-3-7-11-15)16(21)12-24-18(22)14-8-4-2-5-9-14/h2-11,13,16-17,21H,12H2,1H3/t13-,16+,17-/m0/s1. The van der Waals surface area contributed by atoms with Crippen molar-refractivity contribution in [3.8, 4) is 0 Å². The summed E-state index contributed by atoms with van der Waals surface area (Å²) in [6.45, 7) is 0.667. The van der Waals surface area contributed by atoms with Gasteiger partial charge in [0.05, 0.1) is 11.1 Å². The van der Waals surface area contributed by atoms with E-state index in [9.17, 15) is 19.1 Å². The first kappa shape index (κ1) is 18.6. The van der Waals surface area contributed by atoms with Crippen LogP contribution in [-0.4, -0.2) is 42.0 Å². The van der Waals surface area contributed by atoms with Gasteiger partial charge >= 0.3 is 11.9 Å². The van der Waals surface area contributed by atoms with E-state index >= 15 is 0 Å². The molecule has 1 N–H and O–H groups in total. The average Bonchev–Trinajstić information content (AvgIpc) is 2.64. The lowest BCUT2D eigenvalue weighted by molar-refractivity contribution is -0.0678. The van der Waals surface area contributed by atoms with Gasteiger partial charge in [-0.1, -0.05) is 36.4 Å². The maximum Gasteiger partial charge on any atom is 0.338 e. The van der Waals surface area contributed by atoms with E-state index in [0.717, 1.165) is 6.92 Å². The highest BCUT2D eigenvalue weighted by Gasteiger charge is 2.31. The Bertz CT molecular complexity index is 687. The topological polar surface area (TPSA) is 72.8 Å². The Kier molecular flexibility index (Phi) is 6.65. The van der Waals surface area contributed by atoms with E-state index in [4.69, 9.17) is 9.47 Å². The molecule has 0 saturated heterocycles. The Morgan fingerprint density at radius 1 is 0.960 bits per heavy atom. The van der Waals surface area contributed by atoms with Gasteiger partial charge in [-0.25, -0.2) is 14.0 Å². The molecule has 0 radical (unpaired) electrons. The van der Waals surface area contributed by atoms with Crippen LogP contribution in [0.4, 0.5) is 4.39 Å². The number of aliphatic hydroxyl groups excluding tert-OH is 1. The highest BCUT2D eigenvalue weighted by atomic mass is 19.1. The third kappa shape index (κ3) is 5.39. The Labute approximate surface area is 145 Å². The zero-order valence-electron chi connectivity index (χ0n) is 13.7. The fraction of sp³-hybridized carbons (Fsp3) is 0.263. The monoisotopic (exact) mass is 346 g/mol. The van der Waals surface area contributed by atoms with E-state index in [1.165, 1.54) is 12.1 Å². The lowest BCUT2D eigenvalue weighted by Crippen LogP contribution is -2.41. The van der Waals surface area contributed by atoms with Gasteiger partial charge in [-0.2, -0.15) is 0 Å². The van der Waals surface area contributed by atoms with Crippen molar-refractivity contribution in [3.63, 3.8) is 0 Å². The van der Waals surface area contributed by atoms with Gasteiger partial charge in [-0.3, -0.25) is 0 Å². The van der Waals surface area contributed by atoms with Crippen LogP contribution in [0.5, 0.6) is 0 Å². The number of hydrogen-bond donors (Lipinski definition) is 1. The van der Waals surface area contributed by atoms with Gasteiger partial charge in [0, 0.05) is 0 Å². The molecule has 25 heavy (non-hydrogen) atoms. The summed E-state index contributed by atoms with van der Waals surface area (Å²) >= 11 is 0. The number of carbonyl (C=O) groups is 2. The molecule has 0 aliphatic carbocycles. The summed E-state index contributed by atoms with van der Waals surface area (Å²) in [6, 6.07) is 16.2. The number of esters is 2. The minimum atomic E-state index is -1.64.